The van der Waals surface area contributed by atoms with E-state index in [1.807, 2.05) is 4.72 Å². The van der Waals surface area contributed by atoms with Gasteiger partial charge in [0.1, 0.15) is 12.6 Å². The molecule has 0 unspecified atom stereocenters. The Morgan fingerprint density at radius 3 is 2.43 bits per heavy atom. The maximum atomic E-state index is 12.0. The van der Waals surface area contributed by atoms with Crippen LogP contribution >= 0.6 is 0 Å². The number of hydrogen-bond acceptors (Lipinski definition) is 4. The number of alkyl halides is 3. The summed E-state index contributed by atoms with van der Waals surface area (Å²) in [6, 6.07) is 2.80. The predicted octanol–water partition coefficient (Wildman–Crippen LogP) is 0.730. The highest BCUT2D eigenvalue weighted by atomic mass is 32.2. The minimum Gasteiger partial charge on any atom is -0.480 e. The zero-order chi connectivity index (χ0) is 17.8. The molecule has 0 spiro atoms. The van der Waals surface area contributed by atoms with Crippen LogP contribution in [0, 0.1) is 0 Å². The molecule has 23 heavy (non-hydrogen) atoms. The number of nitrogens with one attached hydrogen (secondary N) is 2. The van der Waals surface area contributed by atoms with Crippen LogP contribution in [0.4, 0.5) is 13.2 Å². The Balaban J connectivity index is 2.96. The molecule has 0 radical (unpaired) electrons. The third kappa shape index (κ3) is 5.87. The summed E-state index contributed by atoms with van der Waals surface area (Å²) in [7, 11) is -4.24. The number of carbonyl (C=O) groups excluding carboxylic acids is 1. The average Bonchev–Trinajstić information content (AvgIpc) is 2.43. The number of hydrogen-bond donors (Lipinski definition) is 3. The summed E-state index contributed by atoms with van der Waals surface area (Å²) >= 11 is 0. The number of carboxylic acid groups (broad SMARTS) is 1. The maximum Gasteiger partial charge on any atom is 0.405 e. The van der Waals surface area contributed by atoms with Crippen LogP contribution in [-0.2, 0) is 14.8 Å². The van der Waals surface area contributed by atoms with Gasteiger partial charge in [-0.2, -0.15) is 17.9 Å². The Morgan fingerprint density at radius 1 is 1.30 bits per heavy atom. The topological polar surface area (TPSA) is 113 Å². The first kappa shape index (κ1) is 18.9. The molecule has 1 atom stereocenters. The molecular formula is C12H13F3N2O5S. The molecule has 1 aromatic carbocycles. The molecule has 1 amide bonds. The normalized spacial score (nSPS) is 13.4. The van der Waals surface area contributed by atoms with Gasteiger partial charge in [-0.15, -0.1) is 0 Å². The molecule has 0 saturated carbocycles. The van der Waals surface area contributed by atoms with Crippen molar-refractivity contribution in [3.63, 3.8) is 0 Å². The SMILES string of the molecule is C[C@@H](NS(=O)(=O)c1cccc(C(=O)NCC(F)(F)F)c1)C(=O)O. The monoisotopic (exact) mass is 354 g/mol. The van der Waals surface area contributed by atoms with Crippen molar-refractivity contribution < 1.29 is 36.3 Å². The van der Waals surface area contributed by atoms with Crippen molar-refractivity contribution >= 4 is 21.9 Å². The largest absolute Gasteiger partial charge is 0.480 e. The van der Waals surface area contributed by atoms with E-state index in [9.17, 15) is 31.2 Å². The summed E-state index contributed by atoms with van der Waals surface area (Å²) in [5.74, 6) is -2.52. The quantitative estimate of drug-likeness (QED) is 0.697. The fourth-order valence-electron chi connectivity index (χ4n) is 1.44. The van der Waals surface area contributed by atoms with Crippen molar-refractivity contribution in [2.45, 2.75) is 24.0 Å². The Hall–Kier alpha value is -2.14. The van der Waals surface area contributed by atoms with Gasteiger partial charge < -0.3 is 10.4 Å². The molecule has 0 bridgehead atoms. The van der Waals surface area contributed by atoms with Crippen LogP contribution < -0.4 is 10.0 Å². The standard InChI is InChI=1S/C12H13F3N2O5S/c1-7(11(19)20)17-23(21,22)9-4-2-3-8(5-9)10(18)16-6-12(13,14)15/h2-5,7,17H,6H2,1H3,(H,16,18)(H,19,20)/t7-/m1/s1. The number of amides is 1. The second-order valence-electron chi connectivity index (χ2n) is 4.51. The highest BCUT2D eigenvalue weighted by Gasteiger charge is 2.28. The zero-order valence-corrected chi connectivity index (χ0v) is 12.5. The number of carboxylic acids is 1. The molecule has 1 aromatic rings. The van der Waals surface area contributed by atoms with Gasteiger partial charge in [0.15, 0.2) is 0 Å². The van der Waals surface area contributed by atoms with E-state index in [0.29, 0.717) is 0 Å². The highest BCUT2D eigenvalue weighted by molar-refractivity contribution is 7.89. The molecule has 7 nitrogen and oxygen atoms in total. The zero-order valence-electron chi connectivity index (χ0n) is 11.7. The Labute approximate surface area is 129 Å². The number of sulfonamides is 1. The lowest BCUT2D eigenvalue weighted by Gasteiger charge is -2.12. The van der Waals surface area contributed by atoms with Gasteiger partial charge in [-0.25, -0.2) is 8.42 Å². The minimum absolute atomic E-state index is 0.305. The van der Waals surface area contributed by atoms with E-state index in [2.05, 4.69) is 0 Å². The number of carbonyl (C=O) groups is 2. The second kappa shape index (κ2) is 6.96. The first-order chi connectivity index (χ1) is 10.4. The van der Waals surface area contributed by atoms with Crippen molar-refractivity contribution in [3.8, 4) is 0 Å². The summed E-state index contributed by atoms with van der Waals surface area (Å²) < 4.78 is 61.9. The molecule has 0 saturated heterocycles. The fraction of sp³-hybridized carbons (Fsp3) is 0.333. The van der Waals surface area contributed by atoms with Crippen LogP contribution in [-0.4, -0.2) is 44.2 Å². The Morgan fingerprint density at radius 2 is 1.91 bits per heavy atom. The summed E-state index contributed by atoms with van der Waals surface area (Å²) in [6.07, 6.45) is -4.60. The van der Waals surface area contributed by atoms with Gasteiger partial charge in [-0.1, -0.05) is 6.07 Å². The van der Waals surface area contributed by atoms with Crippen LogP contribution in [0.25, 0.3) is 0 Å². The lowest BCUT2D eigenvalue weighted by Crippen LogP contribution is -2.38. The molecule has 0 aliphatic heterocycles. The number of aliphatic carboxylic acids is 1. The fourth-order valence-corrected chi connectivity index (χ4v) is 2.68. The molecule has 11 heteroatoms. The van der Waals surface area contributed by atoms with Crippen molar-refractivity contribution in [1.82, 2.24) is 10.0 Å². The molecule has 0 aromatic heterocycles. The Bertz CT molecular complexity index is 703. The minimum atomic E-state index is -4.60. The average molecular weight is 354 g/mol. The van der Waals surface area contributed by atoms with Gasteiger partial charge in [0.25, 0.3) is 5.91 Å². The van der Waals surface area contributed by atoms with Crippen LogP contribution in [0.3, 0.4) is 0 Å². The third-order valence-electron chi connectivity index (χ3n) is 2.56. The van der Waals surface area contributed by atoms with Crippen molar-refractivity contribution in [3.05, 3.63) is 29.8 Å². The molecular weight excluding hydrogens is 341 g/mol. The Kier molecular flexibility index (Phi) is 5.72. The first-order valence-corrected chi connectivity index (χ1v) is 7.61. The van der Waals surface area contributed by atoms with Gasteiger partial charge in [0.05, 0.1) is 4.90 Å². The van der Waals surface area contributed by atoms with Crippen LogP contribution in [0.5, 0.6) is 0 Å². The molecule has 0 aliphatic carbocycles. The van der Waals surface area contributed by atoms with Gasteiger partial charge in [0, 0.05) is 5.56 Å². The van der Waals surface area contributed by atoms with Gasteiger partial charge in [0.2, 0.25) is 10.0 Å². The van der Waals surface area contributed by atoms with Gasteiger partial charge >= 0.3 is 12.1 Å². The smallest absolute Gasteiger partial charge is 0.405 e. The van der Waals surface area contributed by atoms with Crippen LogP contribution in [0.1, 0.15) is 17.3 Å². The van der Waals surface area contributed by atoms with E-state index in [4.69, 9.17) is 5.11 Å². The first-order valence-electron chi connectivity index (χ1n) is 6.12. The van der Waals surface area contributed by atoms with E-state index in [0.717, 1.165) is 31.2 Å². The summed E-state index contributed by atoms with van der Waals surface area (Å²) in [6.45, 7) is -0.461. The molecule has 3 N–H and O–H groups in total. The lowest BCUT2D eigenvalue weighted by atomic mass is 10.2. The maximum absolute atomic E-state index is 12.0. The molecule has 0 aliphatic rings. The van der Waals surface area contributed by atoms with E-state index < -0.39 is 45.6 Å². The molecule has 128 valence electrons. The van der Waals surface area contributed by atoms with Crippen LogP contribution in [0.2, 0.25) is 0 Å². The number of halogens is 3. The molecule has 0 heterocycles. The highest BCUT2D eigenvalue weighted by Crippen LogP contribution is 2.14. The van der Waals surface area contributed by atoms with Gasteiger partial charge in [-0.3, -0.25) is 9.59 Å². The van der Waals surface area contributed by atoms with Crippen LogP contribution in [0.15, 0.2) is 29.2 Å². The number of benzene rings is 1. The summed E-state index contributed by atoms with van der Waals surface area (Å²) in [5.41, 5.74) is -0.305. The molecule has 0 fully saturated rings. The van der Waals surface area contributed by atoms with Crippen molar-refractivity contribution in [1.29, 1.82) is 0 Å². The van der Waals surface area contributed by atoms with E-state index in [1.165, 1.54) is 0 Å². The second-order valence-corrected chi connectivity index (χ2v) is 6.22. The molecule has 1 rings (SSSR count). The summed E-state index contributed by atoms with van der Waals surface area (Å²) in [4.78, 5) is 21.8. The lowest BCUT2D eigenvalue weighted by molar-refractivity contribution is -0.138. The van der Waals surface area contributed by atoms with Crippen molar-refractivity contribution in [2.75, 3.05) is 6.54 Å². The third-order valence-corrected chi connectivity index (χ3v) is 4.10. The predicted molar refractivity (Wildman–Crippen MR) is 72.2 cm³/mol. The van der Waals surface area contributed by atoms with E-state index in [1.54, 1.807) is 5.32 Å². The number of rotatable bonds is 6. The van der Waals surface area contributed by atoms with E-state index in [-0.39, 0.29) is 5.56 Å². The van der Waals surface area contributed by atoms with Crippen molar-refractivity contribution in [2.24, 2.45) is 0 Å². The van der Waals surface area contributed by atoms with E-state index >= 15 is 0 Å². The van der Waals surface area contributed by atoms with Gasteiger partial charge in [-0.05, 0) is 25.1 Å². The summed E-state index contributed by atoms with van der Waals surface area (Å²) in [5, 5.41) is 10.3.